The molecule has 2 amide bonds. The van der Waals surface area contributed by atoms with Gasteiger partial charge in [0.1, 0.15) is 6.07 Å². The van der Waals surface area contributed by atoms with E-state index in [4.69, 9.17) is 5.26 Å². The Labute approximate surface area is 156 Å². The molecule has 1 heterocycles. The zero-order valence-electron chi connectivity index (χ0n) is 14.3. The molecule has 3 rings (SSSR count). The first-order valence-corrected chi connectivity index (χ1v) is 8.26. The topological polar surface area (TPSA) is 94.9 Å². The number of hydrogen-bond acceptors (Lipinski definition) is 4. The van der Waals surface area contributed by atoms with Crippen molar-refractivity contribution in [1.29, 1.82) is 5.26 Å². The highest BCUT2D eigenvalue weighted by molar-refractivity contribution is 6.05. The van der Waals surface area contributed by atoms with Crippen LogP contribution in [0, 0.1) is 11.3 Å². The molecule has 132 valence electrons. The lowest BCUT2D eigenvalue weighted by molar-refractivity contribution is 0.0948. The zero-order chi connectivity index (χ0) is 19.1. The summed E-state index contributed by atoms with van der Waals surface area (Å²) < 4.78 is 0. The molecule has 6 nitrogen and oxygen atoms in total. The molecule has 0 saturated carbocycles. The van der Waals surface area contributed by atoms with Crippen LogP contribution >= 0.6 is 0 Å². The summed E-state index contributed by atoms with van der Waals surface area (Å²) in [6.45, 7) is 0.326. The van der Waals surface area contributed by atoms with Crippen molar-refractivity contribution in [3.05, 3.63) is 95.3 Å². The third-order valence-electron chi connectivity index (χ3n) is 3.86. The number of benzene rings is 2. The van der Waals surface area contributed by atoms with E-state index in [0.29, 0.717) is 28.9 Å². The summed E-state index contributed by atoms with van der Waals surface area (Å²) in [5.74, 6) is -0.597. The first-order chi connectivity index (χ1) is 13.2. The molecular formula is C21H16N4O2. The molecule has 0 aliphatic carbocycles. The minimum atomic E-state index is -0.349. The van der Waals surface area contributed by atoms with E-state index >= 15 is 0 Å². The monoisotopic (exact) mass is 356 g/mol. The van der Waals surface area contributed by atoms with E-state index < -0.39 is 0 Å². The van der Waals surface area contributed by atoms with Crippen LogP contribution in [0.1, 0.15) is 32.0 Å². The van der Waals surface area contributed by atoms with Gasteiger partial charge in [-0.3, -0.25) is 14.6 Å². The molecule has 2 N–H and O–H groups in total. The fraction of sp³-hybridized carbons (Fsp3) is 0.0476. The van der Waals surface area contributed by atoms with Gasteiger partial charge < -0.3 is 10.6 Å². The van der Waals surface area contributed by atoms with Crippen LogP contribution in [0.2, 0.25) is 0 Å². The van der Waals surface area contributed by atoms with Crippen molar-refractivity contribution in [3.8, 4) is 6.07 Å². The van der Waals surface area contributed by atoms with Crippen molar-refractivity contribution < 1.29 is 9.59 Å². The maximum absolute atomic E-state index is 12.3. The van der Waals surface area contributed by atoms with E-state index in [-0.39, 0.29) is 11.8 Å². The van der Waals surface area contributed by atoms with Crippen molar-refractivity contribution in [2.24, 2.45) is 0 Å². The molecule has 0 spiro atoms. The molecule has 3 aromatic rings. The van der Waals surface area contributed by atoms with E-state index in [1.54, 1.807) is 54.7 Å². The summed E-state index contributed by atoms with van der Waals surface area (Å²) in [6, 6.07) is 20.6. The third-order valence-corrected chi connectivity index (χ3v) is 3.86. The number of amides is 2. The van der Waals surface area contributed by atoms with Gasteiger partial charge in [0.05, 0.1) is 23.5 Å². The maximum Gasteiger partial charge on any atom is 0.255 e. The van der Waals surface area contributed by atoms with Gasteiger partial charge in [0.15, 0.2) is 0 Å². The third kappa shape index (κ3) is 4.55. The summed E-state index contributed by atoms with van der Waals surface area (Å²) in [7, 11) is 0. The SMILES string of the molecule is N#Cc1ccccc1NC(=O)c1ccc(C(=O)NCc2ccccn2)cc1. The van der Waals surface area contributed by atoms with Crippen LogP contribution in [-0.4, -0.2) is 16.8 Å². The molecule has 0 unspecified atom stereocenters. The molecule has 1 aromatic heterocycles. The number of nitriles is 1. The van der Waals surface area contributed by atoms with Crippen LogP contribution in [0.4, 0.5) is 5.69 Å². The van der Waals surface area contributed by atoms with Gasteiger partial charge in [0.25, 0.3) is 11.8 Å². The highest BCUT2D eigenvalue weighted by Gasteiger charge is 2.11. The Hall–Kier alpha value is -3.98. The van der Waals surface area contributed by atoms with E-state index in [0.717, 1.165) is 5.69 Å². The molecule has 0 atom stereocenters. The molecule has 2 aromatic carbocycles. The molecule has 0 radical (unpaired) electrons. The maximum atomic E-state index is 12.3. The second-order valence-corrected chi connectivity index (χ2v) is 5.69. The lowest BCUT2D eigenvalue weighted by Crippen LogP contribution is -2.23. The predicted octanol–water partition coefficient (Wildman–Crippen LogP) is 3.14. The number of nitrogens with zero attached hydrogens (tertiary/aromatic N) is 2. The number of aromatic nitrogens is 1. The summed E-state index contributed by atoms with van der Waals surface area (Å²) in [5, 5.41) is 14.6. The molecule has 0 aliphatic heterocycles. The number of anilines is 1. The fourth-order valence-electron chi connectivity index (χ4n) is 2.43. The number of carbonyl (C=O) groups excluding carboxylic acids is 2. The molecule has 0 fully saturated rings. The predicted molar refractivity (Wildman–Crippen MR) is 101 cm³/mol. The van der Waals surface area contributed by atoms with Crippen LogP contribution in [-0.2, 0) is 6.54 Å². The number of carbonyl (C=O) groups is 2. The Balaban J connectivity index is 1.63. The molecule has 0 bridgehead atoms. The van der Waals surface area contributed by atoms with Crippen LogP contribution in [0.3, 0.4) is 0 Å². The Bertz CT molecular complexity index is 993. The van der Waals surface area contributed by atoms with E-state index in [9.17, 15) is 9.59 Å². The number of pyridine rings is 1. The Morgan fingerprint density at radius 3 is 2.22 bits per heavy atom. The van der Waals surface area contributed by atoms with Gasteiger partial charge in [-0.2, -0.15) is 5.26 Å². The first kappa shape index (κ1) is 17.8. The number of rotatable bonds is 5. The minimum Gasteiger partial charge on any atom is -0.346 e. The largest absolute Gasteiger partial charge is 0.346 e. The van der Waals surface area contributed by atoms with Gasteiger partial charge >= 0.3 is 0 Å². The van der Waals surface area contributed by atoms with Gasteiger partial charge in [-0.15, -0.1) is 0 Å². The Morgan fingerprint density at radius 1 is 0.889 bits per heavy atom. The van der Waals surface area contributed by atoms with Gasteiger partial charge in [-0.1, -0.05) is 18.2 Å². The minimum absolute atomic E-state index is 0.248. The highest BCUT2D eigenvalue weighted by atomic mass is 16.2. The van der Waals surface area contributed by atoms with Gasteiger partial charge in [-0.05, 0) is 48.5 Å². The van der Waals surface area contributed by atoms with Crippen molar-refractivity contribution >= 4 is 17.5 Å². The average molecular weight is 356 g/mol. The highest BCUT2D eigenvalue weighted by Crippen LogP contribution is 2.15. The van der Waals surface area contributed by atoms with Crippen molar-refractivity contribution in [2.75, 3.05) is 5.32 Å². The van der Waals surface area contributed by atoms with Gasteiger partial charge in [0.2, 0.25) is 0 Å². The second-order valence-electron chi connectivity index (χ2n) is 5.69. The Kier molecular flexibility index (Phi) is 5.55. The standard InChI is InChI=1S/C21H16N4O2/c22-13-17-5-1-2-7-19(17)25-21(27)16-10-8-15(9-11-16)20(26)24-14-18-6-3-4-12-23-18/h1-12H,14H2,(H,24,26)(H,25,27). The van der Waals surface area contributed by atoms with Gasteiger partial charge in [-0.25, -0.2) is 0 Å². The van der Waals surface area contributed by atoms with E-state index in [1.165, 1.54) is 0 Å². The van der Waals surface area contributed by atoms with Crippen molar-refractivity contribution in [2.45, 2.75) is 6.54 Å². The summed E-state index contributed by atoms with van der Waals surface area (Å²) in [5.41, 5.74) is 2.43. The van der Waals surface area contributed by atoms with Gasteiger partial charge in [0, 0.05) is 17.3 Å². The summed E-state index contributed by atoms with van der Waals surface area (Å²) >= 11 is 0. The molecule has 6 heteroatoms. The first-order valence-electron chi connectivity index (χ1n) is 8.26. The average Bonchev–Trinajstić information content (AvgIpc) is 2.73. The van der Waals surface area contributed by atoms with Crippen LogP contribution in [0.15, 0.2) is 72.9 Å². The summed E-state index contributed by atoms with van der Waals surface area (Å²) in [6.07, 6.45) is 1.67. The normalized spacial score (nSPS) is 9.89. The van der Waals surface area contributed by atoms with Crippen LogP contribution < -0.4 is 10.6 Å². The smallest absolute Gasteiger partial charge is 0.255 e. The van der Waals surface area contributed by atoms with Crippen molar-refractivity contribution in [1.82, 2.24) is 10.3 Å². The molecule has 0 saturated heterocycles. The second kappa shape index (κ2) is 8.41. The van der Waals surface area contributed by atoms with Crippen molar-refractivity contribution in [3.63, 3.8) is 0 Å². The number of hydrogen-bond donors (Lipinski definition) is 2. The van der Waals surface area contributed by atoms with Crippen LogP contribution in [0.25, 0.3) is 0 Å². The van der Waals surface area contributed by atoms with E-state index in [1.807, 2.05) is 24.3 Å². The molecular weight excluding hydrogens is 340 g/mol. The van der Waals surface area contributed by atoms with Crippen LogP contribution in [0.5, 0.6) is 0 Å². The zero-order valence-corrected chi connectivity index (χ0v) is 14.3. The molecule has 27 heavy (non-hydrogen) atoms. The number of nitrogens with one attached hydrogen (secondary N) is 2. The molecule has 0 aliphatic rings. The fourth-order valence-corrected chi connectivity index (χ4v) is 2.43. The lowest BCUT2D eigenvalue weighted by Gasteiger charge is -2.08. The Morgan fingerprint density at radius 2 is 1.56 bits per heavy atom. The van der Waals surface area contributed by atoms with E-state index in [2.05, 4.69) is 15.6 Å². The lowest BCUT2D eigenvalue weighted by atomic mass is 10.1. The summed E-state index contributed by atoms with van der Waals surface area (Å²) in [4.78, 5) is 28.7. The number of para-hydroxylation sites is 1. The quantitative estimate of drug-likeness (QED) is 0.734.